The molecular weight excluding hydrogens is 158 g/mol. The normalized spacial score (nSPS) is 22.2. The van der Waals surface area contributed by atoms with E-state index in [-0.39, 0.29) is 0 Å². The van der Waals surface area contributed by atoms with Crippen molar-refractivity contribution in [2.24, 2.45) is 10.8 Å². The Morgan fingerprint density at radius 1 is 1.38 bits per heavy atom. The van der Waals surface area contributed by atoms with Crippen LogP contribution in [0.2, 0.25) is 0 Å². The van der Waals surface area contributed by atoms with Crippen molar-refractivity contribution in [3.05, 3.63) is 12.3 Å². The molecule has 1 saturated carbocycles. The predicted octanol–water partition coefficient (Wildman–Crippen LogP) is 3.32. The Balaban J connectivity index is 2.45. The molecule has 0 heterocycles. The van der Waals surface area contributed by atoms with E-state index >= 15 is 0 Å². The van der Waals surface area contributed by atoms with E-state index in [0.717, 1.165) is 0 Å². The SMILES string of the molecule is C=C(NC(C)C(C)(C)C)C1(C)CC1. The maximum atomic E-state index is 4.13. The quantitative estimate of drug-likeness (QED) is 0.704. The van der Waals surface area contributed by atoms with Gasteiger partial charge in [-0.25, -0.2) is 0 Å². The van der Waals surface area contributed by atoms with E-state index in [9.17, 15) is 0 Å². The highest BCUT2D eigenvalue weighted by Gasteiger charge is 2.41. The maximum absolute atomic E-state index is 4.13. The third-order valence-corrected chi connectivity index (χ3v) is 3.42. The fourth-order valence-corrected chi connectivity index (χ4v) is 1.14. The Morgan fingerprint density at radius 3 is 2.15 bits per heavy atom. The number of nitrogens with one attached hydrogen (secondary N) is 1. The minimum Gasteiger partial charge on any atom is -0.385 e. The van der Waals surface area contributed by atoms with Crippen LogP contribution < -0.4 is 5.32 Å². The van der Waals surface area contributed by atoms with Crippen LogP contribution in [0.5, 0.6) is 0 Å². The first-order valence-corrected chi connectivity index (χ1v) is 5.22. The van der Waals surface area contributed by atoms with Crippen LogP contribution in [0, 0.1) is 10.8 Å². The average molecular weight is 181 g/mol. The molecule has 0 bridgehead atoms. The van der Waals surface area contributed by atoms with Crippen LogP contribution in [0.1, 0.15) is 47.5 Å². The van der Waals surface area contributed by atoms with Crippen molar-refractivity contribution in [3.8, 4) is 0 Å². The minimum absolute atomic E-state index is 0.314. The Bertz CT molecular complexity index is 206. The van der Waals surface area contributed by atoms with Crippen molar-refractivity contribution >= 4 is 0 Å². The lowest BCUT2D eigenvalue weighted by atomic mass is 9.87. The Hall–Kier alpha value is -0.460. The largest absolute Gasteiger partial charge is 0.385 e. The highest BCUT2D eigenvalue weighted by molar-refractivity contribution is 5.15. The molecule has 1 N–H and O–H groups in total. The molecule has 0 spiro atoms. The van der Waals surface area contributed by atoms with E-state index in [1.54, 1.807) is 0 Å². The first kappa shape index (κ1) is 10.6. The van der Waals surface area contributed by atoms with Gasteiger partial charge in [-0.15, -0.1) is 0 Å². The van der Waals surface area contributed by atoms with E-state index in [2.05, 4.69) is 46.5 Å². The van der Waals surface area contributed by atoms with Crippen LogP contribution >= 0.6 is 0 Å². The molecule has 1 fully saturated rings. The topological polar surface area (TPSA) is 12.0 Å². The van der Waals surface area contributed by atoms with Gasteiger partial charge < -0.3 is 5.32 Å². The first-order valence-electron chi connectivity index (χ1n) is 5.22. The zero-order valence-electron chi connectivity index (χ0n) is 9.70. The summed E-state index contributed by atoms with van der Waals surface area (Å²) in [5, 5.41) is 3.53. The van der Waals surface area contributed by atoms with Gasteiger partial charge in [-0.2, -0.15) is 0 Å². The molecule has 0 amide bonds. The molecular formula is C12H23N. The van der Waals surface area contributed by atoms with Crippen molar-refractivity contribution in [3.63, 3.8) is 0 Å². The molecule has 0 aliphatic heterocycles. The number of rotatable bonds is 3. The highest BCUT2D eigenvalue weighted by Crippen LogP contribution is 2.49. The molecule has 1 aliphatic carbocycles. The minimum atomic E-state index is 0.314. The smallest absolute Gasteiger partial charge is 0.0278 e. The molecule has 0 aromatic rings. The van der Waals surface area contributed by atoms with Crippen molar-refractivity contribution in [1.82, 2.24) is 5.32 Å². The van der Waals surface area contributed by atoms with Gasteiger partial charge in [0.25, 0.3) is 0 Å². The monoisotopic (exact) mass is 181 g/mol. The Morgan fingerprint density at radius 2 is 1.85 bits per heavy atom. The molecule has 1 atom stereocenters. The van der Waals surface area contributed by atoms with Gasteiger partial charge in [-0.3, -0.25) is 0 Å². The fourth-order valence-electron chi connectivity index (χ4n) is 1.14. The molecule has 1 unspecified atom stereocenters. The average Bonchev–Trinajstić information content (AvgIpc) is 2.67. The second-order valence-electron chi connectivity index (χ2n) is 5.77. The molecule has 1 aliphatic rings. The molecule has 1 heteroatoms. The van der Waals surface area contributed by atoms with Gasteiger partial charge in [0.2, 0.25) is 0 Å². The van der Waals surface area contributed by atoms with Crippen LogP contribution in [0.3, 0.4) is 0 Å². The third-order valence-electron chi connectivity index (χ3n) is 3.42. The summed E-state index contributed by atoms with van der Waals surface area (Å²) in [6.07, 6.45) is 2.60. The summed E-state index contributed by atoms with van der Waals surface area (Å²) in [5.41, 5.74) is 1.95. The zero-order valence-corrected chi connectivity index (χ0v) is 9.70. The van der Waals surface area contributed by atoms with Gasteiger partial charge in [0.1, 0.15) is 0 Å². The van der Waals surface area contributed by atoms with Crippen LogP contribution in [0.25, 0.3) is 0 Å². The molecule has 0 radical (unpaired) electrons. The summed E-state index contributed by atoms with van der Waals surface area (Å²) in [7, 11) is 0. The van der Waals surface area contributed by atoms with Crippen LogP contribution in [0.15, 0.2) is 12.3 Å². The van der Waals surface area contributed by atoms with E-state index in [4.69, 9.17) is 0 Å². The fraction of sp³-hybridized carbons (Fsp3) is 0.833. The van der Waals surface area contributed by atoms with E-state index in [1.165, 1.54) is 18.5 Å². The summed E-state index contributed by atoms with van der Waals surface area (Å²) in [4.78, 5) is 0. The van der Waals surface area contributed by atoms with Gasteiger partial charge in [0, 0.05) is 17.2 Å². The summed E-state index contributed by atoms with van der Waals surface area (Å²) < 4.78 is 0. The summed E-state index contributed by atoms with van der Waals surface area (Å²) >= 11 is 0. The maximum Gasteiger partial charge on any atom is 0.0278 e. The lowest BCUT2D eigenvalue weighted by molar-refractivity contribution is 0.294. The number of allylic oxidation sites excluding steroid dienone is 1. The van der Waals surface area contributed by atoms with Gasteiger partial charge >= 0.3 is 0 Å². The van der Waals surface area contributed by atoms with E-state index in [1.807, 2.05) is 0 Å². The van der Waals surface area contributed by atoms with Gasteiger partial charge in [0.15, 0.2) is 0 Å². The van der Waals surface area contributed by atoms with Gasteiger partial charge in [-0.05, 0) is 25.2 Å². The summed E-state index contributed by atoms with van der Waals surface area (Å²) in [6, 6.07) is 0.498. The van der Waals surface area contributed by atoms with Gasteiger partial charge in [0.05, 0.1) is 0 Å². The van der Waals surface area contributed by atoms with Crippen LogP contribution in [-0.4, -0.2) is 6.04 Å². The zero-order chi connectivity index (χ0) is 10.3. The highest BCUT2D eigenvalue weighted by atomic mass is 15.0. The van der Waals surface area contributed by atoms with Crippen molar-refractivity contribution in [1.29, 1.82) is 0 Å². The van der Waals surface area contributed by atoms with Gasteiger partial charge in [-0.1, -0.05) is 34.3 Å². The molecule has 0 aromatic heterocycles. The second kappa shape index (κ2) is 3.04. The van der Waals surface area contributed by atoms with E-state index in [0.29, 0.717) is 16.9 Å². The van der Waals surface area contributed by atoms with Crippen LogP contribution in [0.4, 0.5) is 0 Å². The predicted molar refractivity (Wildman–Crippen MR) is 58.5 cm³/mol. The summed E-state index contributed by atoms with van der Waals surface area (Å²) in [6.45, 7) is 15.4. The third kappa shape index (κ3) is 2.49. The van der Waals surface area contributed by atoms with Crippen molar-refractivity contribution in [2.75, 3.05) is 0 Å². The second-order valence-corrected chi connectivity index (χ2v) is 5.77. The lowest BCUT2D eigenvalue weighted by Crippen LogP contribution is -2.38. The Kier molecular flexibility index (Phi) is 2.48. The molecule has 13 heavy (non-hydrogen) atoms. The Labute approximate surface area is 82.6 Å². The first-order chi connectivity index (χ1) is 5.76. The number of hydrogen-bond acceptors (Lipinski definition) is 1. The van der Waals surface area contributed by atoms with Crippen molar-refractivity contribution in [2.45, 2.75) is 53.5 Å². The molecule has 76 valence electrons. The summed E-state index contributed by atoms with van der Waals surface area (Å²) in [5.74, 6) is 0. The van der Waals surface area contributed by atoms with E-state index < -0.39 is 0 Å². The van der Waals surface area contributed by atoms with Crippen molar-refractivity contribution < 1.29 is 0 Å². The molecule has 1 nitrogen and oxygen atoms in total. The molecule has 1 rings (SSSR count). The van der Waals surface area contributed by atoms with Crippen LogP contribution in [-0.2, 0) is 0 Å². The lowest BCUT2D eigenvalue weighted by Gasteiger charge is -2.31. The number of hydrogen-bond donors (Lipinski definition) is 1. The molecule has 0 saturated heterocycles. The molecule has 0 aromatic carbocycles. The standard InChI is InChI=1S/C12H23N/c1-9(11(3,4)5)13-10(2)12(6)7-8-12/h9,13H,2,7-8H2,1,3-6H3.